The Balaban J connectivity index is 1.42. The van der Waals surface area contributed by atoms with Gasteiger partial charge < -0.3 is 28.4 Å². The van der Waals surface area contributed by atoms with Gasteiger partial charge in [0, 0.05) is 4.75 Å². The van der Waals surface area contributed by atoms with E-state index in [0.717, 1.165) is 19.3 Å². The topological polar surface area (TPSA) is 121 Å². The lowest BCUT2D eigenvalue weighted by atomic mass is 9.77. The van der Waals surface area contributed by atoms with Crippen LogP contribution in [0.5, 0.6) is 5.88 Å². The number of rotatable bonds is 7. The molecule has 0 aromatic carbocycles. The summed E-state index contributed by atoms with van der Waals surface area (Å²) in [6, 6.07) is 0. The zero-order chi connectivity index (χ0) is 29.3. The highest BCUT2D eigenvalue weighted by molar-refractivity contribution is 8.68. The van der Waals surface area contributed by atoms with Crippen LogP contribution in [0.25, 0.3) is 11.2 Å². The molecule has 2 aromatic heterocycles. The van der Waals surface area contributed by atoms with Crippen molar-refractivity contribution in [2.24, 2.45) is 5.92 Å². The van der Waals surface area contributed by atoms with Crippen LogP contribution in [0, 0.1) is 5.92 Å². The lowest BCUT2D eigenvalue weighted by Gasteiger charge is -2.37. The minimum atomic E-state index is -2.83. The molecule has 2 aliphatic heterocycles. The Morgan fingerprint density at radius 3 is 2.75 bits per heavy atom. The molecular weight excluding hydrogens is 588 g/mol. The second-order valence-corrected chi connectivity index (χ2v) is 24.3. The van der Waals surface area contributed by atoms with E-state index in [1.807, 2.05) is 0 Å². The van der Waals surface area contributed by atoms with Crippen molar-refractivity contribution < 1.29 is 28.4 Å². The van der Waals surface area contributed by atoms with E-state index in [0.29, 0.717) is 11.6 Å². The quantitative estimate of drug-likeness (QED) is 0.224. The molecule has 0 amide bonds. The fourth-order valence-corrected chi connectivity index (χ4v) is 13.9. The van der Waals surface area contributed by atoms with Crippen LogP contribution in [-0.4, -0.2) is 73.8 Å². The van der Waals surface area contributed by atoms with E-state index >= 15 is 0 Å². The van der Waals surface area contributed by atoms with Crippen LogP contribution >= 0.6 is 17.1 Å². The molecule has 0 bridgehead atoms. The molecule has 0 radical (unpaired) electrons. The van der Waals surface area contributed by atoms with Crippen LogP contribution < -0.4 is 0 Å². The fourth-order valence-electron chi connectivity index (χ4n) is 5.33. The van der Waals surface area contributed by atoms with Gasteiger partial charge in [-0.05, 0) is 69.0 Å². The Kier molecular flexibility index (Phi) is 8.16. The summed E-state index contributed by atoms with van der Waals surface area (Å²) in [6.07, 6.45) is 2.20. The van der Waals surface area contributed by atoms with Crippen molar-refractivity contribution in [1.29, 1.82) is 0 Å². The number of ether oxygens (including phenoxy) is 1. The van der Waals surface area contributed by atoms with Gasteiger partial charge in [-0.25, -0.2) is 9.97 Å². The predicted octanol–water partition coefficient (Wildman–Crippen LogP) is 5.69. The molecular formula is C26H41N4O6PS2Si. The predicted molar refractivity (Wildman–Crippen MR) is 162 cm³/mol. The van der Waals surface area contributed by atoms with Gasteiger partial charge >= 0.3 is 0 Å². The minimum absolute atomic E-state index is 0.00423. The highest BCUT2D eigenvalue weighted by Crippen LogP contribution is 2.76. The number of hydrogen-bond acceptors (Lipinski definition) is 11. The summed E-state index contributed by atoms with van der Waals surface area (Å²) >= 11 is 7.70. The molecule has 3 fully saturated rings. The maximum Gasteiger partial charge on any atom is 0.248 e. The van der Waals surface area contributed by atoms with Crippen LogP contribution in [0.2, 0.25) is 18.1 Å². The number of aromatic hydroxyl groups is 1. The number of hydrogen-bond donors (Lipinski definition) is 2. The van der Waals surface area contributed by atoms with Gasteiger partial charge in [0.2, 0.25) is 11.6 Å². The van der Waals surface area contributed by atoms with Crippen molar-refractivity contribution >= 4 is 48.4 Å². The van der Waals surface area contributed by atoms with Crippen molar-refractivity contribution in [2.75, 3.05) is 6.61 Å². The van der Waals surface area contributed by atoms with Crippen molar-refractivity contribution in [3.05, 3.63) is 24.8 Å². The van der Waals surface area contributed by atoms with Crippen LogP contribution in [0.4, 0.5) is 0 Å². The SMILES string of the molecule is C=C(C)[C@@H]1CC[C@]2(C)SP(=S)(O[C@H]3[C@@H](O)[C@H](n4cnc5c(O)ncnc54)O[C@@H]3CO[Si](C)(C)C(C)(C)C)O[C@H]2C1. The molecule has 40 heavy (non-hydrogen) atoms. The first-order valence-electron chi connectivity index (χ1n) is 13.7. The number of aromatic nitrogens is 4. The summed E-state index contributed by atoms with van der Waals surface area (Å²) in [5.74, 6) is 0.167. The molecule has 10 nitrogen and oxygen atoms in total. The van der Waals surface area contributed by atoms with Gasteiger partial charge in [-0.3, -0.25) is 4.57 Å². The molecule has 1 saturated carbocycles. The molecule has 2 aromatic rings. The normalized spacial score (nSPS) is 36.7. The lowest BCUT2D eigenvalue weighted by molar-refractivity contribution is -0.0485. The Morgan fingerprint density at radius 2 is 2.08 bits per heavy atom. The monoisotopic (exact) mass is 628 g/mol. The Bertz CT molecular complexity index is 1340. The number of imidazole rings is 1. The standard InChI is InChI=1S/C26H41N4O6PS2Si/c1-15(2)16-9-10-26(6)18(11-16)35-37(38,39-26)36-21-17(12-33-40(7,8)25(3,4)5)34-24(20(21)31)30-14-29-19-22(30)27-13-28-23(19)32/h13-14,16-18,20-21,24,31H,1,9-12H2,2-8H3,(H,27,28,32)/t16-,17-,18+,20-,21-,24-,26+,37?/m1/s1. The van der Waals surface area contributed by atoms with Crippen molar-refractivity contribution in [1.82, 2.24) is 19.5 Å². The molecule has 8 atom stereocenters. The molecule has 2 saturated heterocycles. The molecule has 2 N–H and O–H groups in total. The second-order valence-electron chi connectivity index (χ2n) is 13.0. The van der Waals surface area contributed by atoms with Crippen LogP contribution in [0.15, 0.2) is 24.8 Å². The van der Waals surface area contributed by atoms with Gasteiger partial charge in [0.1, 0.15) is 24.6 Å². The number of fused-ring (bicyclic) bond motifs is 2. The molecule has 5 rings (SSSR count). The summed E-state index contributed by atoms with van der Waals surface area (Å²) in [5.41, 5.74) is -1.09. The molecule has 1 aliphatic carbocycles. The molecule has 1 unspecified atom stereocenters. The van der Waals surface area contributed by atoms with Gasteiger partial charge in [0.25, 0.3) is 0 Å². The largest absolute Gasteiger partial charge is 0.492 e. The van der Waals surface area contributed by atoms with E-state index in [-0.39, 0.29) is 33.9 Å². The number of allylic oxidation sites excluding steroid dienone is 1. The summed E-state index contributed by atoms with van der Waals surface area (Å²) < 4.78 is 27.6. The molecule has 222 valence electrons. The Hall–Kier alpha value is -0.893. The summed E-state index contributed by atoms with van der Waals surface area (Å²) in [7, 11) is -2.13. The van der Waals surface area contributed by atoms with Gasteiger partial charge in [-0.2, -0.15) is 4.98 Å². The average Bonchev–Trinajstić information content (AvgIpc) is 3.48. The van der Waals surface area contributed by atoms with Crippen molar-refractivity contribution in [3.63, 3.8) is 0 Å². The lowest BCUT2D eigenvalue weighted by Crippen LogP contribution is -2.45. The maximum atomic E-state index is 11.7. The second kappa shape index (κ2) is 10.7. The molecule has 14 heteroatoms. The first kappa shape index (κ1) is 30.6. The molecule has 0 spiro atoms. The van der Waals surface area contributed by atoms with Gasteiger partial charge in [-0.15, -0.1) is 0 Å². The fraction of sp³-hybridized carbons (Fsp3) is 0.731. The summed E-state index contributed by atoms with van der Waals surface area (Å²) in [5, 5.41) is 21.8. The number of aliphatic hydroxyl groups excluding tert-OH is 1. The zero-order valence-corrected chi connectivity index (χ0v) is 27.8. The minimum Gasteiger partial charge on any atom is -0.492 e. The van der Waals surface area contributed by atoms with Crippen molar-refractivity contribution in [2.45, 2.75) is 107 Å². The Labute approximate surface area is 246 Å². The van der Waals surface area contributed by atoms with E-state index < -0.39 is 38.6 Å². The molecule has 4 heterocycles. The smallest absolute Gasteiger partial charge is 0.248 e. The molecule has 3 aliphatic rings. The third-order valence-corrected chi connectivity index (χ3v) is 19.3. The highest BCUT2D eigenvalue weighted by atomic mass is 32.9. The van der Waals surface area contributed by atoms with Gasteiger partial charge in [-0.1, -0.05) is 44.3 Å². The Morgan fingerprint density at radius 1 is 1.35 bits per heavy atom. The van der Waals surface area contributed by atoms with E-state index in [1.54, 1.807) is 15.9 Å². The van der Waals surface area contributed by atoms with Gasteiger partial charge in [0.05, 0.1) is 19.0 Å². The highest BCUT2D eigenvalue weighted by Gasteiger charge is 2.57. The van der Waals surface area contributed by atoms with E-state index in [1.165, 1.54) is 18.2 Å². The first-order chi connectivity index (χ1) is 18.5. The average molecular weight is 629 g/mol. The maximum absolute atomic E-state index is 11.7. The summed E-state index contributed by atoms with van der Waals surface area (Å²) in [4.78, 5) is 12.3. The zero-order valence-electron chi connectivity index (χ0n) is 24.2. The van der Waals surface area contributed by atoms with E-state index in [2.05, 4.69) is 69.2 Å². The van der Waals surface area contributed by atoms with Gasteiger partial charge in [0.15, 0.2) is 25.7 Å². The number of nitrogens with zero attached hydrogens (tertiary/aromatic N) is 4. The third-order valence-electron chi connectivity index (χ3n) is 9.03. The van der Waals surface area contributed by atoms with E-state index in [4.69, 9.17) is 30.0 Å². The number of aliphatic hydroxyl groups is 1. The first-order valence-corrected chi connectivity index (χ1v) is 20.7. The van der Waals surface area contributed by atoms with Crippen LogP contribution in [0.1, 0.15) is 60.1 Å². The van der Waals surface area contributed by atoms with Crippen molar-refractivity contribution in [3.8, 4) is 5.88 Å². The van der Waals surface area contributed by atoms with Crippen LogP contribution in [-0.2, 0) is 30.0 Å². The summed E-state index contributed by atoms with van der Waals surface area (Å²) in [6.45, 7) is 19.6. The third kappa shape index (κ3) is 5.58. The van der Waals surface area contributed by atoms with E-state index in [9.17, 15) is 10.2 Å². The van der Waals surface area contributed by atoms with Crippen LogP contribution in [0.3, 0.4) is 0 Å².